The Bertz CT molecular complexity index is 1510. The molecule has 4 aromatic carbocycles. The number of nitrogens with zero attached hydrogens (tertiary/aromatic N) is 1. The summed E-state index contributed by atoms with van der Waals surface area (Å²) in [5, 5.41) is 3.56. The highest BCUT2D eigenvalue weighted by atomic mass is 16.5. The quantitative estimate of drug-likeness (QED) is 0.237. The van der Waals surface area contributed by atoms with Crippen LogP contribution >= 0.6 is 0 Å². The molecule has 4 nitrogen and oxygen atoms in total. The Balaban J connectivity index is 1.05. The van der Waals surface area contributed by atoms with Gasteiger partial charge < -0.3 is 19.7 Å². The van der Waals surface area contributed by atoms with E-state index in [1.807, 2.05) is 72.8 Å². The molecule has 4 aromatic rings. The Morgan fingerprint density at radius 1 is 0.600 bits per heavy atom. The lowest BCUT2D eigenvalue weighted by atomic mass is 10.0. The Kier molecular flexibility index (Phi) is 7.77. The summed E-state index contributed by atoms with van der Waals surface area (Å²) in [5.41, 5.74) is 3.37. The van der Waals surface area contributed by atoms with Gasteiger partial charge in [0, 0.05) is 23.1 Å². The van der Waals surface area contributed by atoms with Gasteiger partial charge in [0.1, 0.15) is 23.0 Å². The smallest absolute Gasteiger partial charge is 0.127 e. The molecule has 0 radical (unpaired) electrons. The molecule has 2 unspecified atom stereocenters. The zero-order valence-electron chi connectivity index (χ0n) is 22.3. The van der Waals surface area contributed by atoms with Crippen LogP contribution in [-0.4, -0.2) is 12.1 Å². The maximum absolute atomic E-state index is 6.20. The van der Waals surface area contributed by atoms with E-state index in [9.17, 15) is 0 Å². The van der Waals surface area contributed by atoms with Gasteiger partial charge >= 0.3 is 0 Å². The van der Waals surface area contributed by atoms with Crippen molar-refractivity contribution in [2.75, 3.05) is 10.2 Å². The van der Waals surface area contributed by atoms with Gasteiger partial charge in [-0.15, -0.1) is 0 Å². The molecule has 4 heteroatoms. The monoisotopic (exact) mass is 524 g/mol. The Morgan fingerprint density at radius 3 is 1.93 bits per heavy atom. The topological polar surface area (TPSA) is 33.7 Å². The number of hydrogen-bond acceptors (Lipinski definition) is 4. The summed E-state index contributed by atoms with van der Waals surface area (Å²) in [5.74, 6) is 3.33. The summed E-state index contributed by atoms with van der Waals surface area (Å²) in [6.07, 6.45) is 16.9. The molecule has 0 aromatic heterocycles. The van der Waals surface area contributed by atoms with Gasteiger partial charge in [0.05, 0.1) is 6.04 Å². The van der Waals surface area contributed by atoms with Crippen molar-refractivity contribution in [2.24, 2.45) is 0 Å². The Hall–Kier alpha value is -4.96. The third kappa shape index (κ3) is 6.36. The molecule has 0 saturated heterocycles. The van der Waals surface area contributed by atoms with Gasteiger partial charge in [-0.1, -0.05) is 66.8 Å². The van der Waals surface area contributed by atoms with Gasteiger partial charge in [0.25, 0.3) is 0 Å². The summed E-state index contributed by atoms with van der Waals surface area (Å²) in [6, 6.07) is 37.3. The first kappa shape index (κ1) is 25.3. The average Bonchev–Trinajstić information content (AvgIpc) is 3.02. The summed E-state index contributed by atoms with van der Waals surface area (Å²) in [6.45, 7) is 0. The second-order valence-corrected chi connectivity index (χ2v) is 9.81. The van der Waals surface area contributed by atoms with Crippen molar-refractivity contribution in [1.29, 1.82) is 0 Å². The molecule has 2 aliphatic rings. The molecule has 198 valence electrons. The first-order chi connectivity index (χ1) is 19.8. The highest BCUT2D eigenvalue weighted by Crippen LogP contribution is 2.32. The van der Waals surface area contributed by atoms with Crippen LogP contribution in [0.2, 0.25) is 0 Å². The van der Waals surface area contributed by atoms with E-state index in [-0.39, 0.29) is 12.1 Å². The molecule has 2 aliphatic carbocycles. The molecule has 0 saturated carbocycles. The minimum Gasteiger partial charge on any atom is -0.458 e. The lowest BCUT2D eigenvalue weighted by Gasteiger charge is -2.32. The lowest BCUT2D eigenvalue weighted by Crippen LogP contribution is -2.29. The molecule has 6 rings (SSSR count). The number of para-hydroxylation sites is 2. The van der Waals surface area contributed by atoms with Gasteiger partial charge in [0.2, 0.25) is 0 Å². The van der Waals surface area contributed by atoms with Crippen LogP contribution in [0.4, 0.5) is 17.1 Å². The zero-order valence-corrected chi connectivity index (χ0v) is 22.3. The van der Waals surface area contributed by atoms with E-state index in [1.54, 1.807) is 0 Å². The summed E-state index contributed by atoms with van der Waals surface area (Å²) >= 11 is 0. The summed E-state index contributed by atoms with van der Waals surface area (Å²) < 4.78 is 12.1. The molecule has 40 heavy (non-hydrogen) atoms. The molecule has 0 aliphatic heterocycles. The third-order valence-electron chi connectivity index (χ3n) is 6.93. The van der Waals surface area contributed by atoms with E-state index in [1.165, 1.54) is 5.69 Å². The maximum Gasteiger partial charge on any atom is 0.127 e. The van der Waals surface area contributed by atoms with Crippen LogP contribution in [0.1, 0.15) is 12.8 Å². The van der Waals surface area contributed by atoms with E-state index in [2.05, 4.69) is 89.1 Å². The normalized spacial score (nSPS) is 17.6. The highest BCUT2D eigenvalue weighted by molar-refractivity contribution is 5.66. The molecule has 0 fully saturated rings. The SMILES string of the molecule is C1=CCC(N(c2ccccc2)c2ccc(OC3=CCC(Nc4ccc(Oc5ccccc5)cc4)C=C3)cc2)C=C1. The second kappa shape index (κ2) is 12.3. The first-order valence-electron chi connectivity index (χ1n) is 13.7. The van der Waals surface area contributed by atoms with Crippen LogP contribution in [0.3, 0.4) is 0 Å². The van der Waals surface area contributed by atoms with Gasteiger partial charge in [-0.25, -0.2) is 0 Å². The number of benzene rings is 4. The predicted octanol–water partition coefficient (Wildman–Crippen LogP) is 9.20. The second-order valence-electron chi connectivity index (χ2n) is 9.81. The zero-order chi connectivity index (χ0) is 27.0. The van der Waals surface area contributed by atoms with E-state index in [0.717, 1.165) is 47.2 Å². The first-order valence-corrected chi connectivity index (χ1v) is 13.7. The van der Waals surface area contributed by atoms with Crippen LogP contribution in [0, 0.1) is 0 Å². The summed E-state index contributed by atoms with van der Waals surface area (Å²) in [4.78, 5) is 2.38. The van der Waals surface area contributed by atoms with Crippen LogP contribution in [-0.2, 0) is 0 Å². The molecule has 0 heterocycles. The molecule has 0 amide bonds. The van der Waals surface area contributed by atoms with Gasteiger partial charge in [-0.2, -0.15) is 0 Å². The third-order valence-corrected chi connectivity index (χ3v) is 6.93. The minimum absolute atomic E-state index is 0.202. The number of rotatable bonds is 9. The predicted molar refractivity (Wildman–Crippen MR) is 165 cm³/mol. The fourth-order valence-electron chi connectivity index (χ4n) is 4.93. The fourth-order valence-corrected chi connectivity index (χ4v) is 4.93. The molecular formula is C36H32N2O2. The van der Waals surface area contributed by atoms with Gasteiger partial charge in [-0.3, -0.25) is 0 Å². The summed E-state index contributed by atoms with van der Waals surface area (Å²) in [7, 11) is 0. The van der Waals surface area contributed by atoms with Crippen molar-refractivity contribution in [2.45, 2.75) is 24.9 Å². The standard InChI is InChI=1S/C36H32N2O2/c1-4-10-30(11-5-1)38(31-12-6-2-7-13-31)32-20-26-36(27-21-32)40-35-24-18-29(19-25-35)37-28-16-22-34(23-17-28)39-33-14-8-3-9-15-33/h1-12,14-18,20-27,29,31,37H,13,19H2. The van der Waals surface area contributed by atoms with Crippen molar-refractivity contribution in [1.82, 2.24) is 0 Å². The minimum atomic E-state index is 0.202. The lowest BCUT2D eigenvalue weighted by molar-refractivity contribution is 0.438. The van der Waals surface area contributed by atoms with E-state index < -0.39 is 0 Å². The Labute approximate surface area is 236 Å². The highest BCUT2D eigenvalue weighted by Gasteiger charge is 2.19. The largest absolute Gasteiger partial charge is 0.458 e. The molecule has 0 bridgehead atoms. The van der Waals surface area contributed by atoms with Gasteiger partial charge in [-0.05, 0) is 97.8 Å². The van der Waals surface area contributed by atoms with Crippen LogP contribution in [0.25, 0.3) is 0 Å². The number of allylic oxidation sites excluding steroid dienone is 3. The van der Waals surface area contributed by atoms with Crippen molar-refractivity contribution in [3.8, 4) is 17.2 Å². The molecular weight excluding hydrogens is 492 g/mol. The average molecular weight is 525 g/mol. The Morgan fingerprint density at radius 2 is 1.25 bits per heavy atom. The van der Waals surface area contributed by atoms with Crippen molar-refractivity contribution in [3.63, 3.8) is 0 Å². The van der Waals surface area contributed by atoms with E-state index in [4.69, 9.17) is 9.47 Å². The number of ether oxygens (including phenoxy) is 2. The molecule has 0 spiro atoms. The van der Waals surface area contributed by atoms with Crippen molar-refractivity contribution < 1.29 is 9.47 Å². The van der Waals surface area contributed by atoms with Crippen LogP contribution in [0.5, 0.6) is 17.2 Å². The van der Waals surface area contributed by atoms with Crippen molar-refractivity contribution >= 4 is 17.1 Å². The van der Waals surface area contributed by atoms with Crippen LogP contribution < -0.4 is 19.7 Å². The van der Waals surface area contributed by atoms with E-state index >= 15 is 0 Å². The number of nitrogens with one attached hydrogen (secondary N) is 1. The number of hydrogen-bond donors (Lipinski definition) is 1. The number of anilines is 3. The van der Waals surface area contributed by atoms with Crippen LogP contribution in [0.15, 0.2) is 157 Å². The fraction of sp³-hybridized carbons (Fsp3) is 0.111. The van der Waals surface area contributed by atoms with Gasteiger partial charge in [0.15, 0.2) is 0 Å². The molecule has 2 atom stereocenters. The van der Waals surface area contributed by atoms with Crippen molar-refractivity contribution in [3.05, 3.63) is 157 Å². The molecule has 1 N–H and O–H groups in total. The maximum atomic E-state index is 6.20. The van der Waals surface area contributed by atoms with E-state index in [0.29, 0.717) is 0 Å².